The first-order valence-electron chi connectivity index (χ1n) is 5.42. The van der Waals surface area contributed by atoms with Crippen molar-refractivity contribution < 1.29 is 0 Å². The van der Waals surface area contributed by atoms with Gasteiger partial charge < -0.3 is 5.32 Å². The normalized spacial score (nSPS) is 15.5. The largest absolute Gasteiger partial charge is 0.307 e. The zero-order valence-electron chi connectivity index (χ0n) is 9.62. The minimum absolute atomic E-state index is 0.439. The lowest BCUT2D eigenvalue weighted by Gasteiger charge is -2.23. The fourth-order valence-electron chi connectivity index (χ4n) is 1.42. The first-order valence-corrected chi connectivity index (χ1v) is 5.42. The van der Waals surface area contributed by atoms with E-state index in [-0.39, 0.29) is 0 Å². The molecule has 1 heteroatoms. The number of rotatable bonds is 4. The summed E-state index contributed by atoms with van der Waals surface area (Å²) in [7, 11) is 0. The van der Waals surface area contributed by atoms with Gasteiger partial charge in [-0.05, 0) is 25.3 Å². The molecule has 1 N–H and O–H groups in total. The highest BCUT2D eigenvalue weighted by atomic mass is 14.9. The van der Waals surface area contributed by atoms with Crippen molar-refractivity contribution in [3.63, 3.8) is 0 Å². The lowest BCUT2D eigenvalue weighted by Crippen LogP contribution is -2.32. The van der Waals surface area contributed by atoms with Gasteiger partial charge in [-0.25, -0.2) is 0 Å². The van der Waals surface area contributed by atoms with Crippen LogP contribution in [0.3, 0.4) is 0 Å². The molecular weight excluding hydrogens is 170 g/mol. The topological polar surface area (TPSA) is 12.0 Å². The van der Waals surface area contributed by atoms with Gasteiger partial charge in [-0.15, -0.1) is 0 Å². The summed E-state index contributed by atoms with van der Waals surface area (Å²) in [6.45, 7) is 8.95. The molecule has 0 aliphatic heterocycles. The molecule has 0 fully saturated rings. The minimum atomic E-state index is 0.439. The lowest BCUT2D eigenvalue weighted by molar-refractivity contribution is 0.389. The van der Waals surface area contributed by atoms with E-state index in [9.17, 15) is 0 Å². The number of hydrogen-bond acceptors (Lipinski definition) is 1. The second-order valence-electron chi connectivity index (χ2n) is 4.33. The van der Waals surface area contributed by atoms with Crippen molar-refractivity contribution in [2.75, 3.05) is 0 Å². The van der Waals surface area contributed by atoms with Crippen LogP contribution < -0.4 is 5.32 Å². The molecule has 78 valence electrons. The molecule has 1 nitrogen and oxygen atoms in total. The van der Waals surface area contributed by atoms with Gasteiger partial charge in [-0.1, -0.05) is 44.2 Å². The SMILES string of the molecule is CC(C)[C@@H](C)N[C@@H](C)c1ccccc1. The van der Waals surface area contributed by atoms with Gasteiger partial charge in [0, 0.05) is 12.1 Å². The highest BCUT2D eigenvalue weighted by Gasteiger charge is 2.11. The van der Waals surface area contributed by atoms with E-state index in [4.69, 9.17) is 0 Å². The van der Waals surface area contributed by atoms with Crippen molar-refractivity contribution in [2.45, 2.75) is 39.8 Å². The Bertz CT molecular complexity index is 253. The molecule has 0 saturated carbocycles. The van der Waals surface area contributed by atoms with Gasteiger partial charge in [-0.3, -0.25) is 0 Å². The van der Waals surface area contributed by atoms with Crippen LogP contribution >= 0.6 is 0 Å². The highest BCUT2D eigenvalue weighted by Crippen LogP contribution is 2.13. The lowest BCUT2D eigenvalue weighted by atomic mass is 10.0. The molecule has 0 saturated heterocycles. The van der Waals surface area contributed by atoms with E-state index in [1.165, 1.54) is 5.56 Å². The molecule has 2 atom stereocenters. The Labute approximate surface area is 87.5 Å². The molecule has 1 aromatic carbocycles. The Morgan fingerprint density at radius 2 is 1.50 bits per heavy atom. The monoisotopic (exact) mass is 191 g/mol. The number of nitrogens with one attached hydrogen (secondary N) is 1. The average Bonchev–Trinajstić information content (AvgIpc) is 2.19. The smallest absolute Gasteiger partial charge is 0.0294 e. The zero-order valence-corrected chi connectivity index (χ0v) is 9.62. The second kappa shape index (κ2) is 5.16. The average molecular weight is 191 g/mol. The van der Waals surface area contributed by atoms with Crippen LogP contribution in [0.25, 0.3) is 0 Å². The summed E-state index contributed by atoms with van der Waals surface area (Å²) < 4.78 is 0. The predicted molar refractivity (Wildman–Crippen MR) is 62.3 cm³/mol. The Hall–Kier alpha value is -0.820. The Balaban J connectivity index is 2.55. The molecule has 0 aliphatic carbocycles. The van der Waals surface area contributed by atoms with Crippen molar-refractivity contribution >= 4 is 0 Å². The Morgan fingerprint density at radius 1 is 0.929 bits per heavy atom. The molecule has 0 heterocycles. The summed E-state index contributed by atoms with van der Waals surface area (Å²) in [6, 6.07) is 11.6. The quantitative estimate of drug-likeness (QED) is 0.769. The van der Waals surface area contributed by atoms with Crippen molar-refractivity contribution in [3.05, 3.63) is 35.9 Å². The van der Waals surface area contributed by atoms with Crippen LogP contribution in [0, 0.1) is 5.92 Å². The summed E-state index contributed by atoms with van der Waals surface area (Å²) in [5.41, 5.74) is 1.36. The number of hydrogen-bond donors (Lipinski definition) is 1. The molecule has 0 spiro atoms. The molecule has 0 radical (unpaired) electrons. The van der Waals surface area contributed by atoms with E-state index in [0.29, 0.717) is 18.0 Å². The van der Waals surface area contributed by atoms with E-state index in [0.717, 1.165) is 0 Å². The van der Waals surface area contributed by atoms with Gasteiger partial charge in [-0.2, -0.15) is 0 Å². The van der Waals surface area contributed by atoms with Gasteiger partial charge >= 0.3 is 0 Å². The van der Waals surface area contributed by atoms with Gasteiger partial charge in [0.05, 0.1) is 0 Å². The van der Waals surface area contributed by atoms with Crippen LogP contribution in [0.1, 0.15) is 39.3 Å². The maximum atomic E-state index is 3.60. The molecule has 0 aromatic heterocycles. The van der Waals surface area contributed by atoms with Crippen molar-refractivity contribution in [1.29, 1.82) is 0 Å². The molecular formula is C13H21N. The van der Waals surface area contributed by atoms with Gasteiger partial charge in [0.1, 0.15) is 0 Å². The van der Waals surface area contributed by atoms with Crippen molar-refractivity contribution in [3.8, 4) is 0 Å². The van der Waals surface area contributed by atoms with Crippen molar-refractivity contribution in [1.82, 2.24) is 5.32 Å². The van der Waals surface area contributed by atoms with Crippen LogP contribution in [0.15, 0.2) is 30.3 Å². The third kappa shape index (κ3) is 3.15. The molecule has 1 aromatic rings. The van der Waals surface area contributed by atoms with Crippen molar-refractivity contribution in [2.24, 2.45) is 5.92 Å². The van der Waals surface area contributed by atoms with E-state index in [2.05, 4.69) is 63.3 Å². The molecule has 0 unspecified atom stereocenters. The van der Waals surface area contributed by atoms with Crippen LogP contribution in [-0.4, -0.2) is 6.04 Å². The fraction of sp³-hybridized carbons (Fsp3) is 0.538. The maximum absolute atomic E-state index is 3.60. The molecule has 0 aliphatic rings. The Kier molecular flexibility index (Phi) is 4.15. The maximum Gasteiger partial charge on any atom is 0.0294 e. The van der Waals surface area contributed by atoms with Crippen LogP contribution in [0.2, 0.25) is 0 Å². The van der Waals surface area contributed by atoms with Gasteiger partial charge in [0.25, 0.3) is 0 Å². The molecule has 1 rings (SSSR count). The molecule has 0 amide bonds. The number of benzene rings is 1. The zero-order chi connectivity index (χ0) is 10.6. The highest BCUT2D eigenvalue weighted by molar-refractivity contribution is 5.18. The van der Waals surface area contributed by atoms with Crippen LogP contribution in [0.5, 0.6) is 0 Å². The molecule has 14 heavy (non-hydrogen) atoms. The van der Waals surface area contributed by atoms with E-state index in [1.54, 1.807) is 0 Å². The predicted octanol–water partition coefficient (Wildman–Crippen LogP) is 3.38. The second-order valence-corrected chi connectivity index (χ2v) is 4.33. The summed E-state index contributed by atoms with van der Waals surface area (Å²) >= 11 is 0. The van der Waals surface area contributed by atoms with Gasteiger partial charge in [0.2, 0.25) is 0 Å². The van der Waals surface area contributed by atoms with Crippen LogP contribution in [-0.2, 0) is 0 Å². The third-order valence-corrected chi connectivity index (χ3v) is 2.81. The summed E-state index contributed by atoms with van der Waals surface area (Å²) in [5.74, 6) is 0.682. The van der Waals surface area contributed by atoms with Gasteiger partial charge in [0.15, 0.2) is 0 Å². The van der Waals surface area contributed by atoms with Crippen LogP contribution in [0.4, 0.5) is 0 Å². The summed E-state index contributed by atoms with van der Waals surface area (Å²) in [4.78, 5) is 0. The fourth-order valence-corrected chi connectivity index (χ4v) is 1.42. The van der Waals surface area contributed by atoms with E-state index in [1.807, 2.05) is 0 Å². The standard InChI is InChI=1S/C13H21N/c1-10(2)11(3)14-12(4)13-8-6-5-7-9-13/h5-12,14H,1-4H3/t11-,12+/m1/s1. The minimum Gasteiger partial charge on any atom is -0.307 e. The first-order chi connectivity index (χ1) is 6.61. The summed E-state index contributed by atoms with van der Waals surface area (Å²) in [6.07, 6.45) is 0. The Morgan fingerprint density at radius 3 is 2.00 bits per heavy atom. The molecule has 0 bridgehead atoms. The first kappa shape index (κ1) is 11.3. The third-order valence-electron chi connectivity index (χ3n) is 2.81. The summed E-state index contributed by atoms with van der Waals surface area (Å²) in [5, 5.41) is 3.60. The van der Waals surface area contributed by atoms with E-state index < -0.39 is 0 Å². The van der Waals surface area contributed by atoms with E-state index >= 15 is 0 Å².